The maximum atomic E-state index is 10.5. The number of hydrogen-bond acceptors (Lipinski definition) is 3. The molecule has 4 nitrogen and oxygen atoms in total. The molecule has 1 aromatic rings. The van der Waals surface area contributed by atoms with Crippen molar-refractivity contribution >= 4 is 17.6 Å². The Labute approximate surface area is 68.3 Å². The SMILES string of the molecule is Cn1cc(/C=N/[S@+](C)[O-])cn1. The molecule has 60 valence electrons. The molecule has 0 spiro atoms. The summed E-state index contributed by atoms with van der Waals surface area (Å²) in [7, 11) is 1.82. The minimum absolute atomic E-state index is 0.864. The second-order valence-electron chi connectivity index (χ2n) is 2.11. The molecule has 1 heterocycles. The van der Waals surface area contributed by atoms with E-state index in [1.165, 1.54) is 6.26 Å². The molecule has 0 radical (unpaired) electrons. The number of aryl methyl sites for hydroxylation is 1. The zero-order valence-electron chi connectivity index (χ0n) is 6.39. The van der Waals surface area contributed by atoms with E-state index in [4.69, 9.17) is 0 Å². The van der Waals surface area contributed by atoms with Gasteiger partial charge in [-0.1, -0.05) is 4.40 Å². The predicted octanol–water partition coefficient (Wildman–Crippen LogP) is 0.133. The van der Waals surface area contributed by atoms with Crippen LogP contribution in [0.25, 0.3) is 0 Å². The lowest BCUT2D eigenvalue weighted by atomic mass is 10.4. The zero-order chi connectivity index (χ0) is 8.27. The molecule has 0 N–H and O–H groups in total. The second kappa shape index (κ2) is 3.54. The van der Waals surface area contributed by atoms with Gasteiger partial charge in [0.1, 0.15) is 6.26 Å². The first-order valence-corrected chi connectivity index (χ1v) is 4.56. The molecule has 0 aliphatic rings. The first-order chi connectivity index (χ1) is 5.18. The van der Waals surface area contributed by atoms with Crippen molar-refractivity contribution in [1.82, 2.24) is 9.78 Å². The van der Waals surface area contributed by atoms with Crippen LogP contribution in [0.5, 0.6) is 0 Å². The van der Waals surface area contributed by atoms with Gasteiger partial charge in [-0.05, 0) is 0 Å². The topological polar surface area (TPSA) is 53.2 Å². The summed E-state index contributed by atoms with van der Waals surface area (Å²) in [5.74, 6) is 0. The highest BCUT2D eigenvalue weighted by molar-refractivity contribution is 7.89. The Morgan fingerprint density at radius 2 is 2.55 bits per heavy atom. The van der Waals surface area contributed by atoms with E-state index in [0.717, 1.165) is 5.56 Å². The summed E-state index contributed by atoms with van der Waals surface area (Å²) >= 11 is -1.12. The van der Waals surface area contributed by atoms with Gasteiger partial charge in [-0.15, -0.1) is 0 Å². The van der Waals surface area contributed by atoms with Gasteiger partial charge in [0.25, 0.3) is 0 Å². The van der Waals surface area contributed by atoms with E-state index >= 15 is 0 Å². The number of hydrogen-bond donors (Lipinski definition) is 0. The Morgan fingerprint density at radius 3 is 3.00 bits per heavy atom. The van der Waals surface area contributed by atoms with Gasteiger partial charge < -0.3 is 4.55 Å². The third kappa shape index (κ3) is 2.73. The molecule has 0 aliphatic carbocycles. The van der Waals surface area contributed by atoms with Gasteiger partial charge in [0.2, 0.25) is 0 Å². The molecule has 0 saturated heterocycles. The second-order valence-corrected chi connectivity index (χ2v) is 3.16. The van der Waals surface area contributed by atoms with Crippen molar-refractivity contribution in [3.8, 4) is 0 Å². The Balaban J connectivity index is 2.64. The summed E-state index contributed by atoms with van der Waals surface area (Å²) in [4.78, 5) is 0. The van der Waals surface area contributed by atoms with Gasteiger partial charge in [0.15, 0.2) is 0 Å². The fourth-order valence-corrected chi connectivity index (χ4v) is 0.912. The van der Waals surface area contributed by atoms with Crippen molar-refractivity contribution in [2.45, 2.75) is 0 Å². The number of nitrogens with zero attached hydrogens (tertiary/aromatic N) is 3. The van der Waals surface area contributed by atoms with Crippen molar-refractivity contribution < 1.29 is 4.55 Å². The van der Waals surface area contributed by atoms with Crippen LogP contribution in [-0.4, -0.2) is 26.8 Å². The monoisotopic (exact) mass is 171 g/mol. The third-order valence-corrected chi connectivity index (χ3v) is 1.48. The average molecular weight is 171 g/mol. The highest BCUT2D eigenvalue weighted by Gasteiger charge is 1.93. The molecule has 1 rings (SSSR count). The van der Waals surface area contributed by atoms with E-state index in [1.807, 2.05) is 7.05 Å². The molecule has 0 amide bonds. The zero-order valence-corrected chi connectivity index (χ0v) is 7.21. The molecule has 0 bridgehead atoms. The van der Waals surface area contributed by atoms with Crippen molar-refractivity contribution in [3.05, 3.63) is 18.0 Å². The molecule has 0 unspecified atom stereocenters. The van der Waals surface area contributed by atoms with Crippen molar-refractivity contribution in [3.63, 3.8) is 0 Å². The van der Waals surface area contributed by atoms with Crippen molar-refractivity contribution in [2.75, 3.05) is 6.26 Å². The minimum Gasteiger partial charge on any atom is -0.592 e. The van der Waals surface area contributed by atoms with E-state index in [1.54, 1.807) is 23.3 Å². The summed E-state index contributed by atoms with van der Waals surface area (Å²) < 4.78 is 15.9. The van der Waals surface area contributed by atoms with E-state index in [2.05, 4.69) is 9.50 Å². The maximum absolute atomic E-state index is 10.5. The summed E-state index contributed by atoms with van der Waals surface area (Å²) in [5.41, 5.74) is 0.864. The fourth-order valence-electron chi connectivity index (χ4n) is 0.642. The fraction of sp³-hybridized carbons (Fsp3) is 0.333. The summed E-state index contributed by atoms with van der Waals surface area (Å²) in [6.45, 7) is 0. The molecule has 0 fully saturated rings. The summed E-state index contributed by atoms with van der Waals surface area (Å²) in [5, 5.41) is 3.92. The van der Waals surface area contributed by atoms with Crippen LogP contribution < -0.4 is 0 Å². The summed E-state index contributed by atoms with van der Waals surface area (Å²) in [6, 6.07) is 0. The van der Waals surface area contributed by atoms with Gasteiger partial charge in [-0.3, -0.25) is 4.68 Å². The van der Waals surface area contributed by atoms with Crippen LogP contribution >= 0.6 is 0 Å². The van der Waals surface area contributed by atoms with Gasteiger partial charge >= 0.3 is 0 Å². The van der Waals surface area contributed by atoms with Crippen LogP contribution in [0.4, 0.5) is 0 Å². The van der Waals surface area contributed by atoms with Crippen LogP contribution in [-0.2, 0) is 18.4 Å². The molecule has 0 aliphatic heterocycles. The maximum Gasteiger partial charge on any atom is 0.123 e. The smallest absolute Gasteiger partial charge is 0.123 e. The van der Waals surface area contributed by atoms with Crippen LogP contribution in [0.3, 0.4) is 0 Å². The molecule has 1 aromatic heterocycles. The van der Waals surface area contributed by atoms with Crippen LogP contribution in [0.15, 0.2) is 16.8 Å². The standard InChI is InChI=1S/C6H9N3OS/c1-9-5-6(3-7-9)4-8-11(2)10/h3-5H,1-2H3/b8-4+/t11-/m0/s1. The number of rotatable bonds is 2. The normalized spacial score (nSPS) is 14.1. The van der Waals surface area contributed by atoms with Gasteiger partial charge in [-0.25, -0.2) is 0 Å². The molecule has 11 heavy (non-hydrogen) atoms. The highest BCUT2D eigenvalue weighted by Crippen LogP contribution is 1.92. The lowest BCUT2D eigenvalue weighted by Gasteiger charge is -1.90. The molecule has 1 atom stereocenters. The molecule has 0 saturated carbocycles. The molecular weight excluding hydrogens is 162 g/mol. The lowest BCUT2D eigenvalue weighted by Crippen LogP contribution is -1.90. The van der Waals surface area contributed by atoms with Gasteiger partial charge in [0.05, 0.1) is 23.8 Å². The van der Waals surface area contributed by atoms with E-state index in [9.17, 15) is 4.55 Å². The lowest BCUT2D eigenvalue weighted by molar-refractivity contribution is 0.603. The Bertz CT molecular complexity index is 256. The third-order valence-electron chi connectivity index (χ3n) is 1.08. The Kier molecular flexibility index (Phi) is 2.67. The highest BCUT2D eigenvalue weighted by atomic mass is 32.2. The van der Waals surface area contributed by atoms with E-state index < -0.39 is 11.4 Å². The summed E-state index contributed by atoms with van der Waals surface area (Å²) in [6.07, 6.45) is 6.53. The van der Waals surface area contributed by atoms with Crippen molar-refractivity contribution in [1.29, 1.82) is 0 Å². The largest absolute Gasteiger partial charge is 0.592 e. The Morgan fingerprint density at radius 1 is 1.82 bits per heavy atom. The van der Waals surface area contributed by atoms with Crippen molar-refractivity contribution in [2.24, 2.45) is 11.4 Å². The first kappa shape index (κ1) is 8.29. The van der Waals surface area contributed by atoms with Crippen LogP contribution in [0.1, 0.15) is 5.56 Å². The minimum atomic E-state index is -1.12. The first-order valence-electron chi connectivity index (χ1n) is 3.05. The predicted molar refractivity (Wildman–Crippen MR) is 44.9 cm³/mol. The van der Waals surface area contributed by atoms with Gasteiger partial charge in [0, 0.05) is 18.8 Å². The molecule has 5 heteroatoms. The van der Waals surface area contributed by atoms with E-state index in [0.29, 0.717) is 0 Å². The number of aromatic nitrogens is 2. The van der Waals surface area contributed by atoms with Crippen LogP contribution in [0, 0.1) is 0 Å². The molecular formula is C6H9N3OS. The molecule has 0 aromatic carbocycles. The Hall–Kier alpha value is -0.810. The van der Waals surface area contributed by atoms with Gasteiger partial charge in [-0.2, -0.15) is 5.10 Å². The quantitative estimate of drug-likeness (QED) is 0.469. The van der Waals surface area contributed by atoms with E-state index in [-0.39, 0.29) is 0 Å². The van der Waals surface area contributed by atoms with Crippen LogP contribution in [0.2, 0.25) is 0 Å². The average Bonchev–Trinajstić information content (AvgIpc) is 2.31.